The van der Waals surface area contributed by atoms with E-state index in [0.717, 1.165) is 5.56 Å². The van der Waals surface area contributed by atoms with E-state index in [0.29, 0.717) is 54.4 Å². The summed E-state index contributed by atoms with van der Waals surface area (Å²) >= 11 is 0. The van der Waals surface area contributed by atoms with Crippen LogP contribution in [0.4, 0.5) is 5.82 Å². The van der Waals surface area contributed by atoms with Gasteiger partial charge < -0.3 is 19.6 Å². The average Bonchev–Trinajstić information content (AvgIpc) is 3.34. The number of fused-ring (bicyclic) bond motifs is 1. The molecule has 0 saturated carbocycles. The van der Waals surface area contributed by atoms with Crippen LogP contribution >= 0.6 is 0 Å². The van der Waals surface area contributed by atoms with Crippen molar-refractivity contribution in [3.05, 3.63) is 59.4 Å². The van der Waals surface area contributed by atoms with Crippen molar-refractivity contribution in [2.75, 3.05) is 32.1 Å². The summed E-state index contributed by atoms with van der Waals surface area (Å²) in [5.41, 5.74) is 1.45. The van der Waals surface area contributed by atoms with Gasteiger partial charge in [-0.05, 0) is 45.0 Å². The zero-order valence-corrected chi connectivity index (χ0v) is 22.9. The number of hydrogen-bond donors (Lipinski definition) is 1. The van der Waals surface area contributed by atoms with E-state index in [4.69, 9.17) is 4.74 Å². The maximum Gasteiger partial charge on any atom is 0.335 e. The summed E-state index contributed by atoms with van der Waals surface area (Å²) in [6.07, 6.45) is 3.13. The van der Waals surface area contributed by atoms with Crippen LogP contribution in [0.5, 0.6) is 5.75 Å². The third-order valence-electron chi connectivity index (χ3n) is 7.35. The van der Waals surface area contributed by atoms with Gasteiger partial charge in [-0.3, -0.25) is 14.3 Å². The summed E-state index contributed by atoms with van der Waals surface area (Å²) in [5.74, 6) is -0.0109. The molecule has 0 atom stereocenters. The van der Waals surface area contributed by atoms with Gasteiger partial charge in [-0.2, -0.15) is 5.10 Å². The number of piperidine rings is 1. The molecule has 1 saturated heterocycles. The molecule has 0 unspecified atom stereocenters. The number of carboxylic acid groups (broad SMARTS) is 1. The summed E-state index contributed by atoms with van der Waals surface area (Å²) in [5, 5.41) is 13.7. The van der Waals surface area contributed by atoms with Crippen molar-refractivity contribution in [1.29, 1.82) is 0 Å². The zero-order valence-electron chi connectivity index (χ0n) is 22.9. The Hall–Kier alpha value is -4.21. The Labute approximate surface area is 227 Å². The molecule has 1 aromatic carbocycles. The number of Topliss-reactive ketones (excluding diaryl/α,β-unsaturated/α-hetero) is 1. The smallest absolute Gasteiger partial charge is 0.335 e. The Balaban J connectivity index is 1.35. The number of aromatic carboxylic acids is 1. The van der Waals surface area contributed by atoms with Crippen LogP contribution in [0, 0.1) is 0 Å². The lowest BCUT2D eigenvalue weighted by molar-refractivity contribution is -0.00588. The van der Waals surface area contributed by atoms with E-state index in [9.17, 15) is 19.5 Å². The number of ether oxygens (including phenoxy) is 1. The molecule has 10 nitrogen and oxygen atoms in total. The van der Waals surface area contributed by atoms with E-state index < -0.39 is 11.6 Å². The second-order valence-corrected chi connectivity index (χ2v) is 11.5. The highest BCUT2D eigenvalue weighted by molar-refractivity contribution is 5.99. The maximum atomic E-state index is 13.6. The number of hydrogen-bond acceptors (Lipinski definition) is 7. The van der Waals surface area contributed by atoms with Gasteiger partial charge in [0.1, 0.15) is 11.4 Å². The number of ketones is 1. The van der Waals surface area contributed by atoms with E-state index in [1.54, 1.807) is 40.0 Å². The molecule has 3 aromatic rings. The van der Waals surface area contributed by atoms with E-state index in [2.05, 4.69) is 10.1 Å². The van der Waals surface area contributed by atoms with Gasteiger partial charge in [0.2, 0.25) is 0 Å². The lowest BCUT2D eigenvalue weighted by atomic mass is 9.83. The Morgan fingerprint density at radius 3 is 2.31 bits per heavy atom. The van der Waals surface area contributed by atoms with Crippen molar-refractivity contribution in [2.24, 2.45) is 0 Å². The van der Waals surface area contributed by atoms with Crippen LogP contribution in [-0.4, -0.2) is 75.2 Å². The first-order valence-corrected chi connectivity index (χ1v) is 13.0. The maximum absolute atomic E-state index is 13.6. The second kappa shape index (κ2) is 9.52. The minimum absolute atomic E-state index is 0.0256. The van der Waals surface area contributed by atoms with Gasteiger partial charge in [-0.25, -0.2) is 9.78 Å². The highest BCUT2D eigenvalue weighted by atomic mass is 16.5. The molecule has 1 N–H and O–H groups in total. The number of aromatic nitrogens is 3. The molecule has 2 aliphatic rings. The fourth-order valence-corrected chi connectivity index (χ4v) is 4.99. The quantitative estimate of drug-likeness (QED) is 0.535. The number of carboxylic acids is 1. The van der Waals surface area contributed by atoms with Gasteiger partial charge in [-0.15, -0.1) is 0 Å². The van der Waals surface area contributed by atoms with Crippen molar-refractivity contribution in [3.8, 4) is 17.0 Å². The fourth-order valence-electron chi connectivity index (χ4n) is 4.99. The zero-order chi connectivity index (χ0) is 28.1. The first-order valence-electron chi connectivity index (χ1n) is 13.0. The van der Waals surface area contributed by atoms with Crippen molar-refractivity contribution in [2.45, 2.75) is 51.2 Å². The van der Waals surface area contributed by atoms with Gasteiger partial charge in [0.05, 0.1) is 29.4 Å². The first-order chi connectivity index (χ1) is 18.3. The first kappa shape index (κ1) is 26.4. The average molecular weight is 532 g/mol. The number of rotatable bonds is 4. The molecule has 39 heavy (non-hydrogen) atoms. The van der Waals surface area contributed by atoms with Gasteiger partial charge in [0.15, 0.2) is 17.2 Å². The second-order valence-electron chi connectivity index (χ2n) is 11.5. The lowest BCUT2D eigenvalue weighted by Gasteiger charge is -2.43. The number of carbonyl (C=O) groups is 3. The molecule has 204 valence electrons. The Morgan fingerprint density at radius 2 is 1.72 bits per heavy atom. The minimum atomic E-state index is -1.00. The predicted molar refractivity (Wildman–Crippen MR) is 146 cm³/mol. The Kier molecular flexibility index (Phi) is 6.44. The molecule has 5 rings (SSSR count). The van der Waals surface area contributed by atoms with Gasteiger partial charge in [0.25, 0.3) is 5.91 Å². The topological polar surface area (TPSA) is 118 Å². The molecule has 4 heterocycles. The highest BCUT2D eigenvalue weighted by Crippen LogP contribution is 2.40. The molecule has 1 amide bonds. The van der Waals surface area contributed by atoms with Gasteiger partial charge >= 0.3 is 5.97 Å². The predicted octanol–water partition coefficient (Wildman–Crippen LogP) is 4.10. The Morgan fingerprint density at radius 1 is 1.05 bits per heavy atom. The summed E-state index contributed by atoms with van der Waals surface area (Å²) in [7, 11) is 3.71. The van der Waals surface area contributed by atoms with Crippen LogP contribution in [-0.2, 0) is 5.54 Å². The normalized spacial score (nSPS) is 16.5. The molecule has 0 radical (unpaired) electrons. The number of nitrogens with zero attached hydrogens (tertiary/aromatic N) is 5. The number of likely N-dealkylation sites (tertiary alicyclic amines) is 1. The minimum Gasteiger partial charge on any atom is -0.483 e. The van der Waals surface area contributed by atoms with Gasteiger partial charge in [-0.1, -0.05) is 12.1 Å². The van der Waals surface area contributed by atoms with Crippen LogP contribution in [0.2, 0.25) is 0 Å². The molecule has 1 fully saturated rings. The summed E-state index contributed by atoms with van der Waals surface area (Å²) in [4.78, 5) is 46.1. The SMILES string of the molecule is CN(C)c1cc(C(=O)N2CCC3(CC2)CC(=O)c2nn(C(C)(C)C)cc2O3)cc(-c2ccc(C(=O)O)cc2)n1. The summed E-state index contributed by atoms with van der Waals surface area (Å²) in [6, 6.07) is 9.93. The monoisotopic (exact) mass is 531 g/mol. The van der Waals surface area contributed by atoms with E-state index in [1.807, 2.05) is 39.8 Å². The molecule has 2 aliphatic heterocycles. The summed E-state index contributed by atoms with van der Waals surface area (Å²) < 4.78 is 8.16. The third kappa shape index (κ3) is 5.10. The number of anilines is 1. The molecule has 0 aliphatic carbocycles. The number of amides is 1. The molecule has 0 bridgehead atoms. The van der Waals surface area contributed by atoms with Crippen molar-refractivity contribution >= 4 is 23.5 Å². The molecule has 10 heteroatoms. The van der Waals surface area contributed by atoms with Gasteiger partial charge in [0, 0.05) is 51.2 Å². The van der Waals surface area contributed by atoms with E-state index in [-0.39, 0.29) is 29.2 Å². The lowest BCUT2D eigenvalue weighted by Crippen LogP contribution is -2.52. The fraction of sp³-hybridized carbons (Fsp3) is 0.414. The molecular formula is C29H33N5O5. The van der Waals surface area contributed by atoms with Crippen LogP contribution < -0.4 is 9.64 Å². The van der Waals surface area contributed by atoms with Crippen molar-refractivity contribution in [1.82, 2.24) is 19.7 Å². The van der Waals surface area contributed by atoms with Crippen LogP contribution in [0.25, 0.3) is 11.3 Å². The van der Waals surface area contributed by atoms with Crippen LogP contribution in [0.15, 0.2) is 42.6 Å². The van der Waals surface area contributed by atoms with E-state index in [1.165, 1.54) is 12.1 Å². The summed E-state index contributed by atoms with van der Waals surface area (Å²) in [6.45, 7) is 6.97. The van der Waals surface area contributed by atoms with Crippen molar-refractivity contribution in [3.63, 3.8) is 0 Å². The highest BCUT2D eigenvalue weighted by Gasteiger charge is 2.45. The molecule has 1 spiro atoms. The third-order valence-corrected chi connectivity index (χ3v) is 7.35. The number of benzene rings is 1. The Bertz CT molecular complexity index is 1440. The standard InChI is InChI=1S/C29H33N5O5/c1-28(2,3)34-17-23-25(31-34)22(35)16-29(39-23)10-12-33(13-11-29)26(36)20-14-21(30-24(15-20)32(4)5)18-6-8-19(9-7-18)27(37)38/h6-9,14-15,17H,10-13,16H2,1-5H3,(H,37,38). The van der Waals surface area contributed by atoms with Crippen LogP contribution in [0.1, 0.15) is 71.2 Å². The molecule has 2 aromatic heterocycles. The molecular weight excluding hydrogens is 498 g/mol. The largest absolute Gasteiger partial charge is 0.483 e. The van der Waals surface area contributed by atoms with Crippen LogP contribution in [0.3, 0.4) is 0 Å². The van der Waals surface area contributed by atoms with E-state index >= 15 is 0 Å². The van der Waals surface area contributed by atoms with Crippen molar-refractivity contribution < 1.29 is 24.2 Å². The number of pyridine rings is 1. The number of carbonyl (C=O) groups excluding carboxylic acids is 2.